The van der Waals surface area contributed by atoms with Gasteiger partial charge in [0.15, 0.2) is 11.6 Å². The van der Waals surface area contributed by atoms with Crippen LogP contribution in [0.1, 0.15) is 21.5 Å². The van der Waals surface area contributed by atoms with E-state index >= 15 is 0 Å². The molecule has 26 heavy (non-hydrogen) atoms. The summed E-state index contributed by atoms with van der Waals surface area (Å²) < 4.78 is 24.2. The van der Waals surface area contributed by atoms with Gasteiger partial charge in [0, 0.05) is 7.11 Å². The molecule has 0 radical (unpaired) electrons. The molecule has 0 amide bonds. The smallest absolute Gasteiger partial charge is 0.343 e. The first-order valence-electron chi connectivity index (χ1n) is 8.23. The monoisotopic (exact) mass is 350 g/mol. The SMILES string of the molecule is COCc1ccc(OC(=O)c2ccc(-c3ccc(C)cc3)cc2)c(F)c1. The Morgan fingerprint density at radius 1 is 0.923 bits per heavy atom. The van der Waals surface area contributed by atoms with Crippen molar-refractivity contribution in [3.05, 3.63) is 89.2 Å². The lowest BCUT2D eigenvalue weighted by molar-refractivity contribution is 0.0727. The molecule has 0 saturated heterocycles. The number of aryl methyl sites for hydroxylation is 1. The maximum absolute atomic E-state index is 14.0. The number of benzene rings is 3. The minimum atomic E-state index is -0.598. The number of carbonyl (C=O) groups is 1. The molecule has 4 heteroatoms. The van der Waals surface area contributed by atoms with E-state index in [4.69, 9.17) is 9.47 Å². The Bertz CT molecular complexity index is 900. The Hall–Kier alpha value is -2.98. The number of esters is 1. The third-order valence-corrected chi connectivity index (χ3v) is 4.02. The van der Waals surface area contributed by atoms with E-state index in [0.29, 0.717) is 17.7 Å². The second kappa shape index (κ2) is 7.93. The molecule has 0 fully saturated rings. The van der Waals surface area contributed by atoms with Gasteiger partial charge in [-0.1, -0.05) is 48.0 Å². The quantitative estimate of drug-likeness (QED) is 0.471. The minimum absolute atomic E-state index is 0.0996. The second-order valence-electron chi connectivity index (χ2n) is 6.03. The van der Waals surface area contributed by atoms with Gasteiger partial charge < -0.3 is 9.47 Å². The maximum atomic E-state index is 14.0. The van der Waals surface area contributed by atoms with Gasteiger partial charge in [-0.15, -0.1) is 0 Å². The number of carbonyl (C=O) groups excluding carboxylic acids is 1. The van der Waals surface area contributed by atoms with Crippen LogP contribution in [-0.2, 0) is 11.3 Å². The van der Waals surface area contributed by atoms with Crippen LogP contribution in [0.15, 0.2) is 66.7 Å². The number of hydrogen-bond acceptors (Lipinski definition) is 3. The summed E-state index contributed by atoms with van der Waals surface area (Å²) >= 11 is 0. The molecule has 3 aromatic carbocycles. The molecular formula is C22H19FO3. The molecule has 3 rings (SSSR count). The summed E-state index contributed by atoms with van der Waals surface area (Å²) in [7, 11) is 1.53. The predicted molar refractivity (Wildman–Crippen MR) is 98.7 cm³/mol. The van der Waals surface area contributed by atoms with Crippen molar-refractivity contribution in [2.75, 3.05) is 7.11 Å². The Morgan fingerprint density at radius 2 is 1.54 bits per heavy atom. The van der Waals surface area contributed by atoms with Crippen LogP contribution in [0.4, 0.5) is 4.39 Å². The van der Waals surface area contributed by atoms with Crippen LogP contribution in [0.5, 0.6) is 5.75 Å². The van der Waals surface area contributed by atoms with Crippen LogP contribution in [0.2, 0.25) is 0 Å². The van der Waals surface area contributed by atoms with Crippen LogP contribution in [0.3, 0.4) is 0 Å². The van der Waals surface area contributed by atoms with E-state index in [1.165, 1.54) is 24.8 Å². The molecule has 0 atom stereocenters. The van der Waals surface area contributed by atoms with E-state index < -0.39 is 11.8 Å². The number of methoxy groups -OCH3 is 1. The molecular weight excluding hydrogens is 331 g/mol. The Kier molecular flexibility index (Phi) is 5.44. The third-order valence-electron chi connectivity index (χ3n) is 4.02. The number of halogens is 1. The Morgan fingerprint density at radius 3 is 2.12 bits per heavy atom. The fourth-order valence-electron chi connectivity index (χ4n) is 2.59. The summed E-state index contributed by atoms with van der Waals surface area (Å²) in [6, 6.07) is 19.6. The van der Waals surface area contributed by atoms with Crippen molar-refractivity contribution in [3.8, 4) is 16.9 Å². The highest BCUT2D eigenvalue weighted by Gasteiger charge is 2.13. The van der Waals surface area contributed by atoms with E-state index in [-0.39, 0.29) is 5.75 Å². The van der Waals surface area contributed by atoms with Crippen LogP contribution in [-0.4, -0.2) is 13.1 Å². The molecule has 0 aromatic heterocycles. The van der Waals surface area contributed by atoms with Gasteiger partial charge in [-0.05, 0) is 47.9 Å². The maximum Gasteiger partial charge on any atom is 0.343 e. The van der Waals surface area contributed by atoms with Crippen LogP contribution in [0.25, 0.3) is 11.1 Å². The van der Waals surface area contributed by atoms with Crippen LogP contribution < -0.4 is 4.74 Å². The summed E-state index contributed by atoms with van der Waals surface area (Å²) in [4.78, 5) is 12.3. The zero-order chi connectivity index (χ0) is 18.5. The second-order valence-corrected chi connectivity index (χ2v) is 6.03. The number of hydrogen-bond donors (Lipinski definition) is 0. The lowest BCUT2D eigenvalue weighted by Gasteiger charge is -2.08. The largest absolute Gasteiger partial charge is 0.420 e. The zero-order valence-corrected chi connectivity index (χ0v) is 14.7. The normalized spacial score (nSPS) is 10.6. The predicted octanol–water partition coefficient (Wildman–Crippen LogP) is 5.17. The molecule has 0 heterocycles. The van der Waals surface area contributed by atoms with E-state index in [9.17, 15) is 9.18 Å². The van der Waals surface area contributed by atoms with Gasteiger partial charge in [0.2, 0.25) is 0 Å². The van der Waals surface area contributed by atoms with Crippen LogP contribution in [0, 0.1) is 12.7 Å². The lowest BCUT2D eigenvalue weighted by Crippen LogP contribution is -2.09. The topological polar surface area (TPSA) is 35.5 Å². The van der Waals surface area contributed by atoms with E-state index in [0.717, 1.165) is 11.1 Å². The molecule has 132 valence electrons. The molecule has 0 N–H and O–H groups in total. The lowest BCUT2D eigenvalue weighted by atomic mass is 10.0. The molecule has 0 aliphatic rings. The van der Waals surface area contributed by atoms with E-state index in [1.807, 2.05) is 43.3 Å². The summed E-state index contributed by atoms with van der Waals surface area (Å²) in [5.41, 5.74) is 4.29. The van der Waals surface area contributed by atoms with Gasteiger partial charge in [-0.25, -0.2) is 9.18 Å². The van der Waals surface area contributed by atoms with Gasteiger partial charge in [-0.3, -0.25) is 0 Å². The number of rotatable bonds is 5. The molecule has 0 unspecified atom stereocenters. The summed E-state index contributed by atoms with van der Waals surface area (Å²) in [6.45, 7) is 2.33. The van der Waals surface area contributed by atoms with E-state index in [1.54, 1.807) is 18.2 Å². The molecule has 3 nitrogen and oxygen atoms in total. The summed E-state index contributed by atoms with van der Waals surface area (Å²) in [6.07, 6.45) is 0. The highest BCUT2D eigenvalue weighted by molar-refractivity contribution is 5.91. The molecule has 0 bridgehead atoms. The van der Waals surface area contributed by atoms with E-state index in [2.05, 4.69) is 0 Å². The van der Waals surface area contributed by atoms with Crippen molar-refractivity contribution < 1.29 is 18.7 Å². The van der Waals surface area contributed by atoms with Gasteiger partial charge in [0.05, 0.1) is 12.2 Å². The van der Waals surface area contributed by atoms with Crippen molar-refractivity contribution in [2.45, 2.75) is 13.5 Å². The van der Waals surface area contributed by atoms with Crippen molar-refractivity contribution in [1.82, 2.24) is 0 Å². The van der Waals surface area contributed by atoms with Crippen LogP contribution >= 0.6 is 0 Å². The van der Waals surface area contributed by atoms with Crippen molar-refractivity contribution in [2.24, 2.45) is 0 Å². The van der Waals surface area contributed by atoms with Crippen molar-refractivity contribution in [1.29, 1.82) is 0 Å². The molecule has 0 spiro atoms. The molecule has 3 aromatic rings. The zero-order valence-electron chi connectivity index (χ0n) is 14.7. The number of ether oxygens (including phenoxy) is 2. The molecule has 0 aliphatic carbocycles. The first kappa shape index (κ1) is 17.8. The average Bonchev–Trinajstić information content (AvgIpc) is 2.65. The molecule has 0 saturated carbocycles. The summed E-state index contributed by atoms with van der Waals surface area (Å²) in [5.74, 6) is -1.29. The van der Waals surface area contributed by atoms with Gasteiger partial charge in [-0.2, -0.15) is 0 Å². The first-order valence-corrected chi connectivity index (χ1v) is 8.23. The van der Waals surface area contributed by atoms with Crippen molar-refractivity contribution in [3.63, 3.8) is 0 Å². The third kappa shape index (κ3) is 4.16. The van der Waals surface area contributed by atoms with Gasteiger partial charge in [0.1, 0.15) is 0 Å². The highest BCUT2D eigenvalue weighted by atomic mass is 19.1. The van der Waals surface area contributed by atoms with Gasteiger partial charge >= 0.3 is 5.97 Å². The first-order chi connectivity index (χ1) is 12.6. The van der Waals surface area contributed by atoms with Gasteiger partial charge in [0.25, 0.3) is 0 Å². The Labute approximate surface area is 152 Å². The average molecular weight is 350 g/mol. The highest BCUT2D eigenvalue weighted by Crippen LogP contribution is 2.23. The van der Waals surface area contributed by atoms with Crippen molar-refractivity contribution >= 4 is 5.97 Å². The summed E-state index contributed by atoms with van der Waals surface area (Å²) in [5, 5.41) is 0. The fourth-order valence-corrected chi connectivity index (χ4v) is 2.59. The fraction of sp³-hybridized carbons (Fsp3) is 0.136. The Balaban J connectivity index is 1.73. The molecule has 0 aliphatic heterocycles. The minimum Gasteiger partial charge on any atom is -0.420 e. The standard InChI is InChI=1S/C22H19FO3/c1-15-3-6-17(7-4-15)18-8-10-19(11-9-18)22(24)26-21-12-5-16(14-25-2)13-20(21)23/h3-13H,14H2,1-2H3.